The molecule has 0 spiro atoms. The number of hydrogen-bond donors (Lipinski definition) is 1. The van der Waals surface area contributed by atoms with Gasteiger partial charge in [-0.1, -0.05) is 12.1 Å². The van der Waals surface area contributed by atoms with Crippen molar-refractivity contribution < 1.29 is 27.2 Å². The molecule has 1 saturated heterocycles. The Labute approximate surface area is 141 Å². The largest absolute Gasteiger partial charge is 0.463 e. The maximum Gasteiger partial charge on any atom is 0.416 e. The van der Waals surface area contributed by atoms with E-state index in [0.717, 1.165) is 17.0 Å². The zero-order valence-electron chi connectivity index (χ0n) is 13.5. The summed E-state index contributed by atoms with van der Waals surface area (Å²) >= 11 is 0. The van der Waals surface area contributed by atoms with Crippen LogP contribution in [0.15, 0.2) is 40.8 Å². The molecule has 5 nitrogen and oxygen atoms in total. The molecule has 1 N–H and O–H groups in total. The highest BCUT2D eigenvalue weighted by molar-refractivity contribution is 6.06. The Bertz CT molecular complexity index is 844. The number of amides is 3. The number of benzene rings is 1. The molecule has 0 radical (unpaired) electrons. The fourth-order valence-electron chi connectivity index (χ4n) is 2.74. The molecular weight excluding hydrogens is 337 g/mol. The van der Waals surface area contributed by atoms with Gasteiger partial charge in [0.1, 0.15) is 11.5 Å². The molecule has 1 aliphatic heterocycles. The van der Waals surface area contributed by atoms with Crippen molar-refractivity contribution in [2.24, 2.45) is 0 Å². The van der Waals surface area contributed by atoms with Crippen molar-refractivity contribution in [2.75, 3.05) is 0 Å². The maximum atomic E-state index is 12.8. The average molecular weight is 352 g/mol. The number of rotatable bonds is 3. The summed E-state index contributed by atoms with van der Waals surface area (Å²) in [5.74, 6) is 0.272. The zero-order chi connectivity index (χ0) is 18.4. The van der Waals surface area contributed by atoms with Crippen molar-refractivity contribution in [3.8, 4) is 0 Å². The Kier molecular flexibility index (Phi) is 3.85. The Morgan fingerprint density at radius 1 is 1.20 bits per heavy atom. The predicted molar refractivity (Wildman–Crippen MR) is 81.3 cm³/mol. The second kappa shape index (κ2) is 5.65. The van der Waals surface area contributed by atoms with Crippen LogP contribution in [-0.4, -0.2) is 16.8 Å². The SMILES string of the molecule is Cc1ccc([C@]2(C)NC(=O)N(Cc3cccc(C(F)(F)F)c3)C2=O)o1. The van der Waals surface area contributed by atoms with Gasteiger partial charge in [0.2, 0.25) is 0 Å². The monoisotopic (exact) mass is 352 g/mol. The van der Waals surface area contributed by atoms with Gasteiger partial charge in [-0.15, -0.1) is 0 Å². The fraction of sp³-hybridized carbons (Fsp3) is 0.294. The molecule has 3 rings (SSSR count). The minimum atomic E-state index is -4.49. The summed E-state index contributed by atoms with van der Waals surface area (Å²) < 4.78 is 43.9. The van der Waals surface area contributed by atoms with Gasteiger partial charge in [-0.05, 0) is 43.7 Å². The highest BCUT2D eigenvalue weighted by atomic mass is 19.4. The normalized spacial score (nSPS) is 20.9. The van der Waals surface area contributed by atoms with Crippen LogP contribution >= 0.6 is 0 Å². The summed E-state index contributed by atoms with van der Waals surface area (Å²) in [7, 11) is 0. The van der Waals surface area contributed by atoms with Gasteiger partial charge in [0.25, 0.3) is 5.91 Å². The summed E-state index contributed by atoms with van der Waals surface area (Å²) in [6.45, 7) is 2.94. The lowest BCUT2D eigenvalue weighted by Gasteiger charge is -2.19. The number of halogens is 3. The minimum Gasteiger partial charge on any atom is -0.463 e. The molecule has 1 aromatic carbocycles. The number of urea groups is 1. The van der Waals surface area contributed by atoms with Crippen molar-refractivity contribution in [2.45, 2.75) is 32.1 Å². The van der Waals surface area contributed by atoms with Gasteiger partial charge in [-0.25, -0.2) is 4.79 Å². The molecule has 2 aromatic rings. The van der Waals surface area contributed by atoms with Crippen LogP contribution in [0.2, 0.25) is 0 Å². The second-order valence-corrected chi connectivity index (χ2v) is 6.05. The van der Waals surface area contributed by atoms with Crippen molar-refractivity contribution in [1.82, 2.24) is 10.2 Å². The molecule has 8 heteroatoms. The van der Waals surface area contributed by atoms with Gasteiger partial charge in [-0.3, -0.25) is 9.69 Å². The summed E-state index contributed by atoms with van der Waals surface area (Å²) in [6, 6.07) is 7.10. The Balaban J connectivity index is 1.87. The van der Waals surface area contributed by atoms with Crippen LogP contribution in [0.25, 0.3) is 0 Å². The van der Waals surface area contributed by atoms with Gasteiger partial charge in [-0.2, -0.15) is 13.2 Å². The van der Waals surface area contributed by atoms with Crippen molar-refractivity contribution in [1.29, 1.82) is 0 Å². The van der Waals surface area contributed by atoms with Crippen molar-refractivity contribution >= 4 is 11.9 Å². The topological polar surface area (TPSA) is 62.6 Å². The van der Waals surface area contributed by atoms with Gasteiger partial charge in [0, 0.05) is 0 Å². The highest BCUT2D eigenvalue weighted by Crippen LogP contribution is 2.32. The summed E-state index contributed by atoms with van der Waals surface area (Å²) in [5, 5.41) is 2.55. The first kappa shape index (κ1) is 17.1. The van der Waals surface area contributed by atoms with Crippen LogP contribution in [0.5, 0.6) is 0 Å². The first-order chi connectivity index (χ1) is 11.6. The lowest BCUT2D eigenvalue weighted by atomic mass is 9.99. The first-order valence-electron chi connectivity index (χ1n) is 7.48. The van der Waals surface area contributed by atoms with Gasteiger partial charge in [0.05, 0.1) is 12.1 Å². The van der Waals surface area contributed by atoms with E-state index < -0.39 is 29.2 Å². The lowest BCUT2D eigenvalue weighted by Crippen LogP contribution is -2.40. The van der Waals surface area contributed by atoms with E-state index in [1.54, 1.807) is 19.1 Å². The van der Waals surface area contributed by atoms with E-state index in [1.165, 1.54) is 19.1 Å². The van der Waals surface area contributed by atoms with Crippen molar-refractivity contribution in [3.63, 3.8) is 0 Å². The maximum absolute atomic E-state index is 12.8. The number of aryl methyl sites for hydroxylation is 1. The van der Waals surface area contributed by atoms with E-state index in [9.17, 15) is 22.8 Å². The van der Waals surface area contributed by atoms with Crippen molar-refractivity contribution in [3.05, 3.63) is 59.0 Å². The molecular formula is C17H15F3N2O3. The first-order valence-corrected chi connectivity index (χ1v) is 7.48. The van der Waals surface area contributed by atoms with E-state index in [0.29, 0.717) is 5.76 Å². The second-order valence-electron chi connectivity index (χ2n) is 6.05. The molecule has 0 bridgehead atoms. The fourth-order valence-corrected chi connectivity index (χ4v) is 2.74. The van der Waals surface area contributed by atoms with Crippen LogP contribution < -0.4 is 5.32 Å². The third-order valence-electron chi connectivity index (χ3n) is 4.10. The smallest absolute Gasteiger partial charge is 0.416 e. The average Bonchev–Trinajstić information content (AvgIpc) is 3.05. The number of carbonyl (C=O) groups excluding carboxylic acids is 2. The number of nitrogens with one attached hydrogen (secondary N) is 1. The van der Waals surface area contributed by atoms with Crippen LogP contribution in [0.3, 0.4) is 0 Å². The summed E-state index contributed by atoms with van der Waals surface area (Å²) in [6.07, 6.45) is -4.49. The molecule has 0 saturated carbocycles. The third kappa shape index (κ3) is 2.99. The Morgan fingerprint density at radius 3 is 2.52 bits per heavy atom. The Morgan fingerprint density at radius 2 is 1.92 bits per heavy atom. The van der Waals surface area contributed by atoms with Crippen LogP contribution in [0.4, 0.5) is 18.0 Å². The highest BCUT2D eigenvalue weighted by Gasteiger charge is 2.51. The van der Waals surface area contributed by atoms with Gasteiger partial charge >= 0.3 is 12.2 Å². The molecule has 25 heavy (non-hydrogen) atoms. The quantitative estimate of drug-likeness (QED) is 0.859. The zero-order valence-corrected chi connectivity index (χ0v) is 13.5. The Hall–Kier alpha value is -2.77. The van der Waals surface area contributed by atoms with E-state index >= 15 is 0 Å². The summed E-state index contributed by atoms with van der Waals surface area (Å²) in [5.41, 5.74) is -2.01. The standard InChI is InChI=1S/C17H15F3N2O3/c1-10-6-7-13(25-10)16(2)14(23)22(15(24)21-16)9-11-4-3-5-12(8-11)17(18,19)20/h3-8H,9H2,1-2H3,(H,21,24)/t16-/m0/s1. The molecule has 1 atom stereocenters. The molecule has 3 amide bonds. The third-order valence-corrected chi connectivity index (χ3v) is 4.10. The number of nitrogens with zero attached hydrogens (tertiary/aromatic N) is 1. The van der Waals surface area contributed by atoms with E-state index in [1.807, 2.05) is 0 Å². The van der Waals surface area contributed by atoms with E-state index in [-0.39, 0.29) is 17.9 Å². The van der Waals surface area contributed by atoms with Gasteiger partial charge in [0.15, 0.2) is 5.54 Å². The van der Waals surface area contributed by atoms with E-state index in [4.69, 9.17) is 4.42 Å². The molecule has 0 unspecified atom stereocenters. The van der Waals surface area contributed by atoms with Crippen LogP contribution in [0, 0.1) is 6.92 Å². The predicted octanol–water partition coefficient (Wildman–Crippen LogP) is 3.57. The van der Waals surface area contributed by atoms with Gasteiger partial charge < -0.3 is 9.73 Å². The van der Waals surface area contributed by atoms with E-state index in [2.05, 4.69) is 5.32 Å². The molecule has 2 heterocycles. The van der Waals surface area contributed by atoms with Crippen LogP contribution in [0.1, 0.15) is 29.6 Å². The minimum absolute atomic E-state index is 0.207. The molecule has 1 fully saturated rings. The molecule has 132 valence electrons. The number of alkyl halides is 3. The van der Waals surface area contributed by atoms with Crippen LogP contribution in [-0.2, 0) is 23.1 Å². The molecule has 0 aliphatic carbocycles. The number of furan rings is 1. The molecule has 1 aliphatic rings. The molecule has 1 aromatic heterocycles. The summed E-state index contributed by atoms with van der Waals surface area (Å²) in [4.78, 5) is 25.8. The number of carbonyl (C=O) groups is 2. The number of hydrogen-bond acceptors (Lipinski definition) is 3. The number of imide groups is 1. The lowest BCUT2D eigenvalue weighted by molar-refractivity contribution is -0.137.